The van der Waals surface area contributed by atoms with E-state index in [0.717, 1.165) is 37.7 Å². The summed E-state index contributed by atoms with van der Waals surface area (Å²) >= 11 is 0. The number of nitrogens with one attached hydrogen (secondary N) is 1. The summed E-state index contributed by atoms with van der Waals surface area (Å²) in [5.41, 5.74) is 0. The van der Waals surface area contributed by atoms with Crippen molar-refractivity contribution in [3.63, 3.8) is 0 Å². The zero-order chi connectivity index (χ0) is 12.0. The standard InChI is InChI=1S/C11H22N4O/c1-5-12-11-14-13-10(15(11)6-2)8-7-9(3)16-4/h9H,5-8H2,1-4H3,(H,12,14). The Bertz CT molecular complexity index is 311. The van der Waals surface area contributed by atoms with Crippen molar-refractivity contribution in [3.8, 4) is 0 Å². The van der Waals surface area contributed by atoms with Crippen LogP contribution in [0.3, 0.4) is 0 Å². The van der Waals surface area contributed by atoms with Crippen molar-refractivity contribution in [3.05, 3.63) is 5.82 Å². The van der Waals surface area contributed by atoms with Crippen molar-refractivity contribution in [1.82, 2.24) is 14.8 Å². The van der Waals surface area contributed by atoms with E-state index < -0.39 is 0 Å². The van der Waals surface area contributed by atoms with Crippen molar-refractivity contribution in [2.75, 3.05) is 19.0 Å². The van der Waals surface area contributed by atoms with Crippen molar-refractivity contribution in [2.24, 2.45) is 0 Å². The lowest BCUT2D eigenvalue weighted by atomic mass is 10.2. The van der Waals surface area contributed by atoms with Crippen LogP contribution < -0.4 is 5.32 Å². The minimum atomic E-state index is 0.268. The summed E-state index contributed by atoms with van der Waals surface area (Å²) in [7, 11) is 1.74. The summed E-state index contributed by atoms with van der Waals surface area (Å²) in [5, 5.41) is 11.6. The molecule has 92 valence electrons. The summed E-state index contributed by atoms with van der Waals surface area (Å²) in [6, 6.07) is 0. The number of ether oxygens (including phenoxy) is 1. The van der Waals surface area contributed by atoms with Gasteiger partial charge in [-0.1, -0.05) is 0 Å². The SMILES string of the molecule is CCNc1nnc(CCC(C)OC)n1CC. The number of methoxy groups -OCH3 is 1. The molecule has 5 nitrogen and oxygen atoms in total. The van der Waals surface area contributed by atoms with E-state index in [1.807, 2.05) is 0 Å². The smallest absolute Gasteiger partial charge is 0.224 e. The highest BCUT2D eigenvalue weighted by molar-refractivity contribution is 5.25. The van der Waals surface area contributed by atoms with E-state index in [1.54, 1.807) is 7.11 Å². The van der Waals surface area contributed by atoms with Crippen LogP contribution in [0.1, 0.15) is 33.0 Å². The number of hydrogen-bond donors (Lipinski definition) is 1. The largest absolute Gasteiger partial charge is 0.382 e. The average molecular weight is 226 g/mol. The molecule has 0 aliphatic heterocycles. The molecular weight excluding hydrogens is 204 g/mol. The highest BCUT2D eigenvalue weighted by atomic mass is 16.5. The molecule has 0 saturated heterocycles. The lowest BCUT2D eigenvalue weighted by molar-refractivity contribution is 0.110. The Hall–Kier alpha value is -1.10. The Balaban J connectivity index is 2.65. The van der Waals surface area contributed by atoms with Gasteiger partial charge in [0.1, 0.15) is 5.82 Å². The van der Waals surface area contributed by atoms with Gasteiger partial charge >= 0.3 is 0 Å². The number of aromatic nitrogens is 3. The summed E-state index contributed by atoms with van der Waals surface area (Å²) in [4.78, 5) is 0. The van der Waals surface area contributed by atoms with Crippen molar-refractivity contribution >= 4 is 5.95 Å². The monoisotopic (exact) mass is 226 g/mol. The third-order valence-corrected chi connectivity index (χ3v) is 2.66. The third-order valence-electron chi connectivity index (χ3n) is 2.66. The van der Waals surface area contributed by atoms with Crippen LogP contribution in [-0.2, 0) is 17.7 Å². The van der Waals surface area contributed by atoms with Crippen LogP contribution in [0, 0.1) is 0 Å². The maximum atomic E-state index is 5.23. The Morgan fingerprint density at radius 2 is 2.12 bits per heavy atom. The van der Waals surface area contributed by atoms with E-state index in [4.69, 9.17) is 4.74 Å². The molecule has 0 radical (unpaired) electrons. The quantitative estimate of drug-likeness (QED) is 0.769. The summed E-state index contributed by atoms with van der Waals surface area (Å²) in [6.45, 7) is 7.99. The molecule has 0 fully saturated rings. The molecule has 0 aliphatic rings. The van der Waals surface area contributed by atoms with Gasteiger partial charge in [0.2, 0.25) is 5.95 Å². The second kappa shape index (κ2) is 6.48. The zero-order valence-corrected chi connectivity index (χ0v) is 10.7. The topological polar surface area (TPSA) is 52.0 Å². The molecule has 1 atom stereocenters. The van der Waals surface area contributed by atoms with Crippen molar-refractivity contribution in [2.45, 2.75) is 46.3 Å². The lowest BCUT2D eigenvalue weighted by Crippen LogP contribution is -2.11. The first-order chi connectivity index (χ1) is 7.72. The van der Waals surface area contributed by atoms with Crippen molar-refractivity contribution < 1.29 is 4.74 Å². The van der Waals surface area contributed by atoms with Gasteiger partial charge in [-0.2, -0.15) is 0 Å². The normalized spacial score (nSPS) is 12.8. The fraction of sp³-hybridized carbons (Fsp3) is 0.818. The molecule has 16 heavy (non-hydrogen) atoms. The molecular formula is C11H22N4O. The van der Waals surface area contributed by atoms with E-state index in [2.05, 4.69) is 40.9 Å². The predicted octanol–water partition coefficient (Wildman–Crippen LogP) is 1.70. The first kappa shape index (κ1) is 13.0. The number of aryl methyl sites for hydroxylation is 1. The maximum absolute atomic E-state index is 5.23. The molecule has 1 N–H and O–H groups in total. The highest BCUT2D eigenvalue weighted by Crippen LogP contribution is 2.10. The Morgan fingerprint density at radius 1 is 1.38 bits per heavy atom. The molecule has 0 bridgehead atoms. The van der Waals surface area contributed by atoms with Crippen LogP contribution in [0.15, 0.2) is 0 Å². The van der Waals surface area contributed by atoms with Gasteiger partial charge in [-0.05, 0) is 27.2 Å². The van der Waals surface area contributed by atoms with Crippen LogP contribution in [0.25, 0.3) is 0 Å². The molecule has 0 aromatic carbocycles. The van der Waals surface area contributed by atoms with Crippen LogP contribution in [0.4, 0.5) is 5.95 Å². The molecule has 1 unspecified atom stereocenters. The summed E-state index contributed by atoms with van der Waals surface area (Å²) in [6.07, 6.45) is 2.15. The number of hydrogen-bond acceptors (Lipinski definition) is 4. The van der Waals surface area contributed by atoms with Gasteiger partial charge in [-0.25, -0.2) is 0 Å². The Kier molecular flexibility index (Phi) is 5.25. The molecule has 0 saturated carbocycles. The maximum Gasteiger partial charge on any atom is 0.224 e. The summed E-state index contributed by atoms with van der Waals surface area (Å²) in [5.74, 6) is 1.90. The first-order valence-electron chi connectivity index (χ1n) is 5.91. The molecule has 1 aromatic rings. The van der Waals surface area contributed by atoms with Gasteiger partial charge in [-0.3, -0.25) is 4.57 Å². The fourth-order valence-corrected chi connectivity index (χ4v) is 1.59. The molecule has 1 heterocycles. The average Bonchev–Trinajstić information content (AvgIpc) is 2.68. The number of nitrogens with zero attached hydrogens (tertiary/aromatic N) is 3. The first-order valence-corrected chi connectivity index (χ1v) is 5.91. The number of rotatable bonds is 7. The molecule has 5 heteroatoms. The Morgan fingerprint density at radius 3 is 2.69 bits per heavy atom. The minimum absolute atomic E-state index is 0.268. The van der Waals surface area contributed by atoms with Gasteiger partial charge in [-0.15, -0.1) is 10.2 Å². The molecule has 1 aromatic heterocycles. The van der Waals surface area contributed by atoms with E-state index in [0.29, 0.717) is 0 Å². The molecule has 0 amide bonds. The van der Waals surface area contributed by atoms with E-state index in [9.17, 15) is 0 Å². The lowest BCUT2D eigenvalue weighted by Gasteiger charge is -2.10. The summed E-state index contributed by atoms with van der Waals surface area (Å²) < 4.78 is 7.34. The van der Waals surface area contributed by atoms with Gasteiger partial charge < -0.3 is 10.1 Å². The van der Waals surface area contributed by atoms with Crippen LogP contribution in [0.2, 0.25) is 0 Å². The van der Waals surface area contributed by atoms with Crippen LogP contribution in [0.5, 0.6) is 0 Å². The van der Waals surface area contributed by atoms with Crippen LogP contribution >= 0.6 is 0 Å². The molecule has 0 aliphatic carbocycles. The van der Waals surface area contributed by atoms with E-state index in [-0.39, 0.29) is 6.10 Å². The molecule has 1 rings (SSSR count). The van der Waals surface area contributed by atoms with E-state index >= 15 is 0 Å². The second-order valence-corrected chi connectivity index (χ2v) is 3.80. The van der Waals surface area contributed by atoms with Gasteiger partial charge in [0, 0.05) is 26.6 Å². The number of anilines is 1. The zero-order valence-electron chi connectivity index (χ0n) is 10.7. The fourth-order valence-electron chi connectivity index (χ4n) is 1.59. The van der Waals surface area contributed by atoms with Gasteiger partial charge in [0.15, 0.2) is 0 Å². The van der Waals surface area contributed by atoms with E-state index in [1.165, 1.54) is 0 Å². The highest BCUT2D eigenvalue weighted by Gasteiger charge is 2.10. The van der Waals surface area contributed by atoms with Gasteiger partial charge in [0.05, 0.1) is 6.10 Å². The van der Waals surface area contributed by atoms with Crippen LogP contribution in [-0.4, -0.2) is 34.5 Å². The third kappa shape index (κ3) is 3.20. The van der Waals surface area contributed by atoms with Crippen molar-refractivity contribution in [1.29, 1.82) is 0 Å². The van der Waals surface area contributed by atoms with Gasteiger partial charge in [0.25, 0.3) is 0 Å². The predicted molar refractivity (Wildman–Crippen MR) is 64.7 cm³/mol. The second-order valence-electron chi connectivity index (χ2n) is 3.80. The Labute approximate surface area is 97.2 Å². The molecule has 0 spiro atoms. The minimum Gasteiger partial charge on any atom is -0.382 e.